The normalized spacial score (nSPS) is 11.7. The molecule has 0 fully saturated rings. The molecule has 1 amide bonds. The number of aromatic nitrogens is 1. The van der Waals surface area contributed by atoms with Crippen molar-refractivity contribution in [2.75, 3.05) is 0 Å². The van der Waals surface area contributed by atoms with Gasteiger partial charge in [0.1, 0.15) is 11.6 Å². The van der Waals surface area contributed by atoms with E-state index in [2.05, 4.69) is 10.3 Å². The highest BCUT2D eigenvalue weighted by atomic mass is 32.1. The van der Waals surface area contributed by atoms with Crippen molar-refractivity contribution in [2.45, 2.75) is 32.9 Å². The van der Waals surface area contributed by atoms with Gasteiger partial charge in [-0.25, -0.2) is 9.78 Å². The first kappa shape index (κ1) is 17.0. The van der Waals surface area contributed by atoms with Crippen molar-refractivity contribution in [1.82, 2.24) is 10.3 Å². The molecule has 23 heavy (non-hydrogen) atoms. The van der Waals surface area contributed by atoms with E-state index in [9.17, 15) is 9.59 Å². The summed E-state index contributed by atoms with van der Waals surface area (Å²) in [6.07, 6.45) is -0.905. The molecular formula is C16H18N2O4S. The zero-order chi connectivity index (χ0) is 16.8. The Bertz CT molecular complexity index is 665. The van der Waals surface area contributed by atoms with Crippen LogP contribution in [0.25, 0.3) is 0 Å². The number of alkyl carbamates (subject to hydrolysis) is 1. The maximum absolute atomic E-state index is 11.9. The van der Waals surface area contributed by atoms with Gasteiger partial charge in [-0.1, -0.05) is 30.3 Å². The molecule has 0 saturated heterocycles. The Kier molecular flexibility index (Phi) is 5.70. The lowest BCUT2D eigenvalue weighted by atomic mass is 10.2. The number of hydrogen-bond donors (Lipinski definition) is 2. The lowest BCUT2D eigenvalue weighted by molar-refractivity contribution is -0.137. The van der Waals surface area contributed by atoms with Gasteiger partial charge in [0.2, 0.25) is 0 Å². The molecule has 0 radical (unpaired) electrons. The van der Waals surface area contributed by atoms with Crippen LogP contribution in [-0.2, 0) is 16.1 Å². The molecule has 6 nitrogen and oxygen atoms in total. The first-order chi connectivity index (χ1) is 11.0. The van der Waals surface area contributed by atoms with Crippen molar-refractivity contribution >= 4 is 23.4 Å². The number of rotatable bonds is 6. The predicted octanol–water partition coefficient (Wildman–Crippen LogP) is 3.20. The van der Waals surface area contributed by atoms with E-state index in [-0.39, 0.29) is 13.0 Å². The van der Waals surface area contributed by atoms with Gasteiger partial charge in [-0.05, 0) is 19.4 Å². The van der Waals surface area contributed by atoms with Crippen LogP contribution in [0.1, 0.15) is 33.6 Å². The topological polar surface area (TPSA) is 88.5 Å². The molecule has 0 saturated carbocycles. The van der Waals surface area contributed by atoms with Gasteiger partial charge < -0.3 is 15.2 Å². The van der Waals surface area contributed by atoms with Gasteiger partial charge in [-0.3, -0.25) is 4.79 Å². The molecule has 1 aromatic carbocycles. The number of nitrogens with one attached hydrogen (secondary N) is 1. The number of nitrogens with zero attached hydrogens (tertiary/aromatic N) is 1. The first-order valence-electron chi connectivity index (χ1n) is 7.08. The first-order valence-corrected chi connectivity index (χ1v) is 7.90. The summed E-state index contributed by atoms with van der Waals surface area (Å²) in [5.41, 5.74) is 1.69. The molecule has 2 aromatic rings. The summed E-state index contributed by atoms with van der Waals surface area (Å²) in [6, 6.07) is 8.56. The molecular weight excluding hydrogens is 316 g/mol. The Morgan fingerprint density at radius 3 is 2.57 bits per heavy atom. The van der Waals surface area contributed by atoms with Crippen molar-refractivity contribution in [2.24, 2.45) is 0 Å². The van der Waals surface area contributed by atoms with Crippen LogP contribution in [0, 0.1) is 13.8 Å². The molecule has 0 bridgehead atoms. The molecule has 2 N–H and O–H groups in total. The summed E-state index contributed by atoms with van der Waals surface area (Å²) in [5, 5.41) is 12.2. The van der Waals surface area contributed by atoms with E-state index >= 15 is 0 Å². The maximum Gasteiger partial charge on any atom is 0.408 e. The largest absolute Gasteiger partial charge is 0.481 e. The number of hydrogen-bond acceptors (Lipinski definition) is 5. The minimum Gasteiger partial charge on any atom is -0.481 e. The number of carboxylic acids is 1. The number of amides is 1. The SMILES string of the molecule is Cc1nc([C@H](CC(=O)O)NC(=O)OCc2ccccc2)sc1C. The van der Waals surface area contributed by atoms with Crippen LogP contribution in [0.4, 0.5) is 4.79 Å². The highest BCUT2D eigenvalue weighted by molar-refractivity contribution is 7.11. The molecule has 1 aromatic heterocycles. The monoisotopic (exact) mass is 334 g/mol. The van der Waals surface area contributed by atoms with Gasteiger partial charge in [-0.2, -0.15) is 0 Å². The number of carbonyl (C=O) groups excluding carboxylic acids is 1. The van der Waals surface area contributed by atoms with E-state index in [1.807, 2.05) is 44.2 Å². The van der Waals surface area contributed by atoms with Gasteiger partial charge >= 0.3 is 12.1 Å². The van der Waals surface area contributed by atoms with Gasteiger partial charge in [0, 0.05) is 4.88 Å². The quantitative estimate of drug-likeness (QED) is 0.847. The van der Waals surface area contributed by atoms with Crippen LogP contribution in [0.2, 0.25) is 0 Å². The molecule has 1 atom stereocenters. The zero-order valence-corrected chi connectivity index (χ0v) is 13.7. The third-order valence-electron chi connectivity index (χ3n) is 3.23. The van der Waals surface area contributed by atoms with E-state index in [1.54, 1.807) is 0 Å². The number of benzene rings is 1. The fraction of sp³-hybridized carbons (Fsp3) is 0.312. The molecule has 0 aliphatic carbocycles. The Morgan fingerprint density at radius 1 is 1.30 bits per heavy atom. The van der Waals surface area contributed by atoms with E-state index < -0.39 is 18.1 Å². The molecule has 0 aliphatic heterocycles. The van der Waals surface area contributed by atoms with Crippen molar-refractivity contribution in [3.63, 3.8) is 0 Å². The molecule has 122 valence electrons. The van der Waals surface area contributed by atoms with E-state index in [4.69, 9.17) is 9.84 Å². The summed E-state index contributed by atoms with van der Waals surface area (Å²) < 4.78 is 5.13. The van der Waals surface area contributed by atoms with Crippen LogP contribution >= 0.6 is 11.3 Å². The average molecular weight is 334 g/mol. The van der Waals surface area contributed by atoms with Crippen molar-refractivity contribution < 1.29 is 19.4 Å². The summed E-state index contributed by atoms with van der Waals surface area (Å²) in [5.74, 6) is -1.01. The van der Waals surface area contributed by atoms with E-state index in [0.29, 0.717) is 5.01 Å². The lowest BCUT2D eigenvalue weighted by Gasteiger charge is -2.14. The average Bonchev–Trinajstić information content (AvgIpc) is 2.85. The van der Waals surface area contributed by atoms with Crippen LogP contribution < -0.4 is 5.32 Å². The Hall–Kier alpha value is -2.41. The standard InChI is InChI=1S/C16H18N2O4S/c1-10-11(2)23-15(17-10)13(8-14(19)20)18-16(21)22-9-12-6-4-3-5-7-12/h3-7,13H,8-9H2,1-2H3,(H,18,21)(H,19,20)/t13-/m0/s1. The summed E-state index contributed by atoms with van der Waals surface area (Å²) in [6.45, 7) is 3.88. The summed E-state index contributed by atoms with van der Waals surface area (Å²) in [7, 11) is 0. The van der Waals surface area contributed by atoms with Crippen molar-refractivity contribution in [3.8, 4) is 0 Å². The fourth-order valence-corrected chi connectivity index (χ4v) is 2.90. The summed E-state index contributed by atoms with van der Waals surface area (Å²) in [4.78, 5) is 28.3. The molecule has 1 heterocycles. The molecule has 0 unspecified atom stereocenters. The van der Waals surface area contributed by atoms with E-state index in [1.165, 1.54) is 11.3 Å². The Morgan fingerprint density at radius 2 is 2.00 bits per heavy atom. The number of thiazole rings is 1. The highest BCUT2D eigenvalue weighted by Crippen LogP contribution is 2.25. The van der Waals surface area contributed by atoms with Crippen molar-refractivity contribution in [1.29, 1.82) is 0 Å². The third-order valence-corrected chi connectivity index (χ3v) is 4.41. The van der Waals surface area contributed by atoms with Crippen LogP contribution in [0.3, 0.4) is 0 Å². The second-order valence-corrected chi connectivity index (χ2v) is 6.28. The highest BCUT2D eigenvalue weighted by Gasteiger charge is 2.22. The minimum atomic E-state index is -1.01. The summed E-state index contributed by atoms with van der Waals surface area (Å²) >= 11 is 1.38. The minimum absolute atomic E-state index is 0.127. The van der Waals surface area contributed by atoms with Gasteiger partial charge in [-0.15, -0.1) is 11.3 Å². The number of aryl methyl sites for hydroxylation is 2. The maximum atomic E-state index is 11.9. The molecule has 0 aliphatic rings. The second-order valence-electron chi connectivity index (χ2n) is 5.05. The zero-order valence-electron chi connectivity index (χ0n) is 12.9. The lowest BCUT2D eigenvalue weighted by Crippen LogP contribution is -2.30. The van der Waals surface area contributed by atoms with Crippen molar-refractivity contribution in [3.05, 3.63) is 51.5 Å². The number of ether oxygens (including phenoxy) is 1. The van der Waals surface area contributed by atoms with Crippen LogP contribution in [-0.4, -0.2) is 22.2 Å². The van der Waals surface area contributed by atoms with Crippen LogP contribution in [0.15, 0.2) is 30.3 Å². The third kappa shape index (κ3) is 5.07. The molecule has 2 rings (SSSR count). The van der Waals surface area contributed by atoms with E-state index in [0.717, 1.165) is 16.1 Å². The number of aliphatic carboxylic acids is 1. The Labute approximate surface area is 138 Å². The van der Waals surface area contributed by atoms with Crippen LogP contribution in [0.5, 0.6) is 0 Å². The van der Waals surface area contributed by atoms with Gasteiger partial charge in [0.25, 0.3) is 0 Å². The smallest absolute Gasteiger partial charge is 0.408 e. The number of carboxylic acid groups (broad SMARTS) is 1. The van der Waals surface area contributed by atoms with Gasteiger partial charge in [0.05, 0.1) is 18.2 Å². The Balaban J connectivity index is 1.99. The molecule has 0 spiro atoms. The van der Waals surface area contributed by atoms with Gasteiger partial charge in [0.15, 0.2) is 0 Å². The number of carbonyl (C=O) groups is 2. The fourth-order valence-electron chi connectivity index (χ4n) is 1.93. The second kappa shape index (κ2) is 7.73. The predicted molar refractivity (Wildman–Crippen MR) is 86.3 cm³/mol. The molecule has 7 heteroatoms.